The third-order valence-electron chi connectivity index (χ3n) is 4.11. The van der Waals surface area contributed by atoms with E-state index in [1.54, 1.807) is 7.11 Å². The molecular formula is C17H22N4O4. The van der Waals surface area contributed by atoms with E-state index in [1.807, 2.05) is 26.0 Å². The number of ether oxygens (including phenoxy) is 2. The molecule has 8 heteroatoms. The average molecular weight is 346 g/mol. The molecule has 1 amide bonds. The summed E-state index contributed by atoms with van der Waals surface area (Å²) in [6.07, 6.45) is 0.661. The second kappa shape index (κ2) is 7.00. The molecule has 3 rings (SSSR count). The molecule has 8 nitrogen and oxygen atoms in total. The lowest BCUT2D eigenvalue weighted by Crippen LogP contribution is -2.48. The van der Waals surface area contributed by atoms with Crippen molar-refractivity contribution in [3.05, 3.63) is 18.5 Å². The predicted molar refractivity (Wildman–Crippen MR) is 93.7 cm³/mol. The Morgan fingerprint density at radius 2 is 1.88 bits per heavy atom. The number of hydrogen-bond acceptors (Lipinski definition) is 6. The summed E-state index contributed by atoms with van der Waals surface area (Å²) in [7, 11) is 1.60. The maximum Gasteiger partial charge on any atom is 0.407 e. The van der Waals surface area contributed by atoms with Crippen molar-refractivity contribution in [1.82, 2.24) is 14.9 Å². The van der Waals surface area contributed by atoms with E-state index in [9.17, 15) is 4.79 Å². The molecule has 25 heavy (non-hydrogen) atoms. The minimum absolute atomic E-state index is 0.0248. The second-order valence-corrected chi connectivity index (χ2v) is 6.14. The topological polar surface area (TPSA) is 88.0 Å². The van der Waals surface area contributed by atoms with Crippen molar-refractivity contribution < 1.29 is 19.4 Å². The van der Waals surface area contributed by atoms with Crippen LogP contribution in [0.5, 0.6) is 11.5 Å². The predicted octanol–water partition coefficient (Wildman–Crippen LogP) is 2.23. The summed E-state index contributed by atoms with van der Waals surface area (Å²) in [6.45, 7) is 5.99. The van der Waals surface area contributed by atoms with E-state index in [4.69, 9.17) is 14.6 Å². The number of fused-ring (bicyclic) bond motifs is 1. The maximum absolute atomic E-state index is 11.1. The Kier molecular flexibility index (Phi) is 4.78. The number of aromatic nitrogens is 2. The minimum Gasteiger partial charge on any atom is -0.493 e. The van der Waals surface area contributed by atoms with Crippen LogP contribution >= 0.6 is 0 Å². The van der Waals surface area contributed by atoms with Crippen LogP contribution in [0.2, 0.25) is 0 Å². The highest BCUT2D eigenvalue weighted by molar-refractivity contribution is 5.92. The van der Waals surface area contributed by atoms with Crippen LogP contribution in [-0.4, -0.2) is 65.5 Å². The molecule has 0 saturated carbocycles. The number of carboxylic acid groups (broad SMARTS) is 1. The number of piperazine rings is 1. The van der Waals surface area contributed by atoms with E-state index >= 15 is 0 Å². The van der Waals surface area contributed by atoms with Gasteiger partial charge in [0.15, 0.2) is 11.5 Å². The quantitative estimate of drug-likeness (QED) is 0.908. The van der Waals surface area contributed by atoms with E-state index < -0.39 is 6.09 Å². The van der Waals surface area contributed by atoms with Crippen molar-refractivity contribution in [2.75, 3.05) is 38.2 Å². The van der Waals surface area contributed by atoms with Gasteiger partial charge in [0, 0.05) is 37.6 Å². The number of carbonyl (C=O) groups is 1. The smallest absolute Gasteiger partial charge is 0.407 e. The lowest BCUT2D eigenvalue weighted by molar-refractivity contribution is 0.142. The van der Waals surface area contributed by atoms with Crippen molar-refractivity contribution in [2.24, 2.45) is 0 Å². The van der Waals surface area contributed by atoms with Crippen LogP contribution in [0.15, 0.2) is 18.5 Å². The Morgan fingerprint density at radius 3 is 2.48 bits per heavy atom. The van der Waals surface area contributed by atoms with Crippen LogP contribution < -0.4 is 14.4 Å². The third kappa shape index (κ3) is 3.52. The number of benzene rings is 1. The van der Waals surface area contributed by atoms with Gasteiger partial charge < -0.3 is 24.4 Å². The lowest BCUT2D eigenvalue weighted by atomic mass is 10.2. The number of hydrogen-bond donors (Lipinski definition) is 1. The monoisotopic (exact) mass is 346 g/mol. The zero-order valence-corrected chi connectivity index (χ0v) is 14.6. The van der Waals surface area contributed by atoms with Gasteiger partial charge in [-0.2, -0.15) is 0 Å². The molecule has 134 valence electrons. The van der Waals surface area contributed by atoms with E-state index in [-0.39, 0.29) is 6.10 Å². The molecule has 1 saturated heterocycles. The maximum atomic E-state index is 11.1. The summed E-state index contributed by atoms with van der Waals surface area (Å²) in [6, 6.07) is 3.73. The van der Waals surface area contributed by atoms with Crippen molar-refractivity contribution in [1.29, 1.82) is 0 Å². The van der Waals surface area contributed by atoms with Gasteiger partial charge in [0.1, 0.15) is 12.1 Å². The van der Waals surface area contributed by atoms with Gasteiger partial charge in [-0.15, -0.1) is 0 Å². The van der Waals surface area contributed by atoms with Gasteiger partial charge in [0.25, 0.3) is 0 Å². The van der Waals surface area contributed by atoms with Crippen molar-refractivity contribution in [2.45, 2.75) is 20.0 Å². The Hall–Kier alpha value is -2.77. The van der Waals surface area contributed by atoms with Crippen LogP contribution in [0.3, 0.4) is 0 Å². The minimum atomic E-state index is -0.885. The number of methoxy groups -OCH3 is 1. The summed E-state index contributed by atoms with van der Waals surface area (Å²) in [5, 5.41) is 9.95. The molecular weight excluding hydrogens is 324 g/mol. The molecule has 1 aliphatic rings. The van der Waals surface area contributed by atoms with Crippen LogP contribution in [0.4, 0.5) is 10.6 Å². The molecule has 1 aromatic carbocycles. The number of amides is 1. The Bertz CT molecular complexity index is 773. The van der Waals surface area contributed by atoms with Crippen LogP contribution in [0, 0.1) is 0 Å². The average Bonchev–Trinajstić information content (AvgIpc) is 2.60. The van der Waals surface area contributed by atoms with E-state index in [0.29, 0.717) is 37.7 Å². The summed E-state index contributed by atoms with van der Waals surface area (Å²) in [5.41, 5.74) is 0.766. The fourth-order valence-corrected chi connectivity index (χ4v) is 2.92. The largest absolute Gasteiger partial charge is 0.493 e. The fourth-order valence-electron chi connectivity index (χ4n) is 2.92. The van der Waals surface area contributed by atoms with Crippen molar-refractivity contribution in [3.8, 4) is 11.5 Å². The highest BCUT2D eigenvalue weighted by Crippen LogP contribution is 2.35. The van der Waals surface area contributed by atoms with E-state index in [0.717, 1.165) is 16.7 Å². The summed E-state index contributed by atoms with van der Waals surface area (Å²) in [5.74, 6) is 2.05. The highest BCUT2D eigenvalue weighted by Gasteiger charge is 2.23. The number of anilines is 1. The molecule has 2 aromatic rings. The van der Waals surface area contributed by atoms with Crippen LogP contribution in [0.25, 0.3) is 10.9 Å². The molecule has 1 N–H and O–H groups in total. The van der Waals surface area contributed by atoms with E-state index in [2.05, 4.69) is 14.9 Å². The first-order valence-corrected chi connectivity index (χ1v) is 8.22. The third-order valence-corrected chi connectivity index (χ3v) is 4.11. The summed E-state index contributed by atoms with van der Waals surface area (Å²) >= 11 is 0. The highest BCUT2D eigenvalue weighted by atomic mass is 16.5. The Labute approximate surface area is 146 Å². The first-order chi connectivity index (χ1) is 12.0. The van der Waals surface area contributed by atoms with Gasteiger partial charge in [-0.3, -0.25) is 0 Å². The van der Waals surface area contributed by atoms with Gasteiger partial charge in [-0.25, -0.2) is 14.8 Å². The molecule has 2 heterocycles. The zero-order valence-electron chi connectivity index (χ0n) is 14.6. The van der Waals surface area contributed by atoms with Gasteiger partial charge in [-0.1, -0.05) is 0 Å². The fraction of sp³-hybridized carbons (Fsp3) is 0.471. The molecule has 0 spiro atoms. The SMILES string of the molecule is COc1cc2c(N3CCN(C(=O)O)CC3)ncnc2cc1OC(C)C. The van der Waals surface area contributed by atoms with Crippen LogP contribution in [0.1, 0.15) is 13.8 Å². The summed E-state index contributed by atoms with van der Waals surface area (Å²) in [4.78, 5) is 23.3. The Balaban J connectivity index is 1.95. The normalized spacial score (nSPS) is 14.9. The molecule has 0 aliphatic carbocycles. The Morgan fingerprint density at radius 1 is 1.16 bits per heavy atom. The lowest BCUT2D eigenvalue weighted by Gasteiger charge is -2.34. The number of rotatable bonds is 4. The van der Waals surface area contributed by atoms with Gasteiger partial charge in [0.2, 0.25) is 0 Å². The van der Waals surface area contributed by atoms with Crippen molar-refractivity contribution in [3.63, 3.8) is 0 Å². The molecule has 0 bridgehead atoms. The van der Waals surface area contributed by atoms with Gasteiger partial charge in [0.05, 0.1) is 18.7 Å². The van der Waals surface area contributed by atoms with Crippen molar-refractivity contribution >= 4 is 22.8 Å². The zero-order chi connectivity index (χ0) is 18.0. The molecule has 0 radical (unpaired) electrons. The van der Waals surface area contributed by atoms with E-state index in [1.165, 1.54) is 11.2 Å². The standard InChI is InChI=1S/C17H22N4O4/c1-11(2)25-15-9-13-12(8-14(15)24-3)16(19-10-18-13)20-4-6-21(7-5-20)17(22)23/h8-11H,4-7H2,1-3H3,(H,22,23). The molecule has 1 aromatic heterocycles. The first kappa shape index (κ1) is 17.1. The van der Waals surface area contributed by atoms with Gasteiger partial charge >= 0.3 is 6.09 Å². The molecule has 1 fully saturated rings. The first-order valence-electron chi connectivity index (χ1n) is 8.22. The van der Waals surface area contributed by atoms with Crippen LogP contribution in [-0.2, 0) is 0 Å². The molecule has 0 atom stereocenters. The summed E-state index contributed by atoms with van der Waals surface area (Å²) < 4.78 is 11.3. The second-order valence-electron chi connectivity index (χ2n) is 6.14. The van der Waals surface area contributed by atoms with Gasteiger partial charge in [-0.05, 0) is 19.9 Å². The molecule has 1 aliphatic heterocycles. The number of nitrogens with zero attached hydrogens (tertiary/aromatic N) is 4. The molecule has 0 unspecified atom stereocenters.